The summed E-state index contributed by atoms with van der Waals surface area (Å²) in [6.07, 6.45) is -3.12. The molecule has 2 aliphatic rings. The van der Waals surface area contributed by atoms with Crippen molar-refractivity contribution in [3.05, 3.63) is 55.6 Å². The number of halogens is 8. The number of nitrogens with zero attached hydrogens (tertiary/aromatic N) is 2. The lowest BCUT2D eigenvalue weighted by molar-refractivity contribution is -0.485. The summed E-state index contributed by atoms with van der Waals surface area (Å²) in [6, 6.07) is 0. The van der Waals surface area contributed by atoms with Gasteiger partial charge in [0.15, 0.2) is 28.3 Å². The Hall–Kier alpha value is -3.14. The van der Waals surface area contributed by atoms with Gasteiger partial charge in [-0.1, -0.05) is 31.5 Å². The largest absolute Gasteiger partial charge is 0.460 e. The number of hydrazone groups is 1. The van der Waals surface area contributed by atoms with Crippen LogP contribution in [0.1, 0.15) is 31.4 Å². The fourth-order valence-corrected chi connectivity index (χ4v) is 4.21. The predicted molar refractivity (Wildman–Crippen MR) is 132 cm³/mol. The fraction of sp³-hybridized carbons (Fsp3) is 0.583. The van der Waals surface area contributed by atoms with Crippen molar-refractivity contribution in [2.45, 2.75) is 40.0 Å². The van der Waals surface area contributed by atoms with Gasteiger partial charge in [-0.2, -0.15) is 13.2 Å². The molecule has 17 heteroatoms. The number of hydrogen-bond acceptors (Lipinski definition) is 5. The van der Waals surface area contributed by atoms with Gasteiger partial charge in [-0.3, -0.25) is 4.79 Å². The number of rotatable bonds is 7. The van der Waals surface area contributed by atoms with Gasteiger partial charge in [-0.25, -0.2) is 27.7 Å². The van der Waals surface area contributed by atoms with Crippen molar-refractivity contribution >= 4 is 23.5 Å². The number of allylic oxidation sites excluding steroid dienone is 2. The first-order valence-electron chi connectivity index (χ1n) is 12.1. The highest BCUT2D eigenvalue weighted by atomic mass is 35.5. The second kappa shape index (κ2) is 13.7. The average molecular weight is 621 g/mol. The molecule has 230 valence electrons. The van der Waals surface area contributed by atoms with Crippen LogP contribution in [-0.2, 0) is 20.9 Å². The van der Waals surface area contributed by atoms with E-state index in [0.717, 1.165) is 20.0 Å². The molecule has 2 N–H and O–H groups in total. The number of nitrogens with one attached hydrogen (secondary N) is 2. The van der Waals surface area contributed by atoms with E-state index in [2.05, 4.69) is 15.7 Å². The van der Waals surface area contributed by atoms with E-state index in [1.807, 2.05) is 0 Å². The van der Waals surface area contributed by atoms with E-state index in [-0.39, 0.29) is 5.96 Å². The topological polar surface area (TPSA) is 115 Å². The maximum atomic E-state index is 13.8. The number of carbonyl (C=O) groups is 1. The van der Waals surface area contributed by atoms with Crippen LogP contribution in [-0.4, -0.2) is 49.9 Å². The SMILES string of the molecule is CN/C(=N/[N+](=O)[O-])NCC1CCOC1.Cc1c(F)c(F)c(COC(=O)C2C(/C=C(\Cl)C(F)(F)F)C2(C)C)c(F)c1F. The summed E-state index contributed by atoms with van der Waals surface area (Å²) in [5, 5.41) is 16.5. The van der Waals surface area contributed by atoms with Crippen molar-refractivity contribution in [1.82, 2.24) is 10.6 Å². The summed E-state index contributed by atoms with van der Waals surface area (Å²) in [6.45, 7) is 4.81. The third-order valence-electron chi connectivity index (χ3n) is 6.69. The highest BCUT2D eigenvalue weighted by Crippen LogP contribution is 2.60. The number of esters is 1. The minimum Gasteiger partial charge on any atom is -0.460 e. The summed E-state index contributed by atoms with van der Waals surface area (Å²) in [4.78, 5) is 22.2. The molecule has 3 rings (SSSR count). The Labute approximate surface area is 235 Å². The first-order chi connectivity index (χ1) is 18.9. The third kappa shape index (κ3) is 8.67. The van der Waals surface area contributed by atoms with E-state index in [1.165, 1.54) is 13.8 Å². The van der Waals surface area contributed by atoms with Gasteiger partial charge in [0, 0.05) is 31.7 Å². The second-order valence-electron chi connectivity index (χ2n) is 9.85. The van der Waals surface area contributed by atoms with Gasteiger partial charge in [0.2, 0.25) is 0 Å². The minimum absolute atomic E-state index is 0.182. The van der Waals surface area contributed by atoms with Gasteiger partial charge in [0.25, 0.3) is 5.96 Å². The van der Waals surface area contributed by atoms with Crippen molar-refractivity contribution in [2.75, 3.05) is 26.8 Å². The van der Waals surface area contributed by atoms with Gasteiger partial charge >= 0.3 is 12.1 Å². The Morgan fingerprint density at radius 3 is 2.27 bits per heavy atom. The van der Waals surface area contributed by atoms with Crippen molar-refractivity contribution in [3.63, 3.8) is 0 Å². The fourth-order valence-electron chi connectivity index (χ4n) is 4.08. The van der Waals surface area contributed by atoms with Crippen LogP contribution in [0.2, 0.25) is 0 Å². The lowest BCUT2D eigenvalue weighted by Crippen LogP contribution is -2.38. The Kier molecular flexibility index (Phi) is 11.4. The molecule has 41 heavy (non-hydrogen) atoms. The van der Waals surface area contributed by atoms with Crippen LogP contribution in [0.25, 0.3) is 0 Å². The molecule has 9 nitrogen and oxygen atoms in total. The minimum atomic E-state index is -4.78. The first kappa shape index (κ1) is 34.1. The van der Waals surface area contributed by atoms with Crippen LogP contribution in [0.4, 0.5) is 30.7 Å². The third-order valence-corrected chi connectivity index (χ3v) is 7.03. The zero-order chi connectivity index (χ0) is 31.3. The smallest absolute Gasteiger partial charge is 0.426 e. The number of alkyl halides is 3. The number of nitro groups is 1. The van der Waals surface area contributed by atoms with E-state index < -0.39 is 80.5 Å². The summed E-state index contributed by atoms with van der Waals surface area (Å²) in [5.74, 6) is -9.08. The molecule has 1 aromatic carbocycles. The molecular formula is C24H28ClF7N4O5. The highest BCUT2D eigenvalue weighted by molar-refractivity contribution is 6.30. The molecule has 0 spiro atoms. The molecule has 2 fully saturated rings. The number of ether oxygens (including phenoxy) is 2. The summed E-state index contributed by atoms with van der Waals surface area (Å²) >= 11 is 5.15. The monoisotopic (exact) mass is 620 g/mol. The summed E-state index contributed by atoms with van der Waals surface area (Å²) in [7, 11) is 1.58. The van der Waals surface area contributed by atoms with E-state index >= 15 is 0 Å². The first-order valence-corrected chi connectivity index (χ1v) is 12.5. The quantitative estimate of drug-likeness (QED) is 0.0845. The molecule has 0 radical (unpaired) electrons. The van der Waals surface area contributed by atoms with E-state index in [0.29, 0.717) is 25.1 Å². The molecule has 1 aliphatic carbocycles. The molecule has 1 saturated carbocycles. The number of carbonyl (C=O) groups excluding carboxylic acids is 1. The molecular weight excluding hydrogens is 593 g/mol. The van der Waals surface area contributed by atoms with Gasteiger partial charge in [-0.05, 0) is 24.7 Å². The van der Waals surface area contributed by atoms with Gasteiger partial charge < -0.3 is 20.1 Å². The van der Waals surface area contributed by atoms with Crippen LogP contribution < -0.4 is 10.6 Å². The molecule has 0 amide bonds. The van der Waals surface area contributed by atoms with Crippen LogP contribution in [0.3, 0.4) is 0 Å². The zero-order valence-electron chi connectivity index (χ0n) is 22.3. The van der Waals surface area contributed by atoms with Crippen molar-refractivity contribution in [1.29, 1.82) is 0 Å². The number of benzene rings is 1. The Balaban J connectivity index is 0.000000353. The zero-order valence-corrected chi connectivity index (χ0v) is 23.1. The molecule has 0 aromatic heterocycles. The standard InChI is InChI=1S/C17H14ClF7O2.C7H14N4O3/c1-6-11(19)13(21)7(14(22)12(6)20)5-27-15(26)10-8(16(10,2)3)4-9(18)17(23,24)25;1-8-7(10-11(12)13)9-4-6-2-3-14-5-6/h4,8,10H,5H2,1-3H3;6H,2-5H2,1H3,(H2,8,9,10)/b9-4-;. The molecule has 1 aliphatic heterocycles. The summed E-state index contributed by atoms with van der Waals surface area (Å²) < 4.78 is 102. The molecule has 0 bridgehead atoms. The molecule has 3 atom stereocenters. The maximum Gasteiger partial charge on any atom is 0.426 e. The van der Waals surface area contributed by atoms with E-state index in [4.69, 9.17) is 21.1 Å². The van der Waals surface area contributed by atoms with Crippen LogP contribution >= 0.6 is 11.6 Å². The van der Waals surface area contributed by atoms with E-state index in [9.17, 15) is 45.6 Å². The van der Waals surface area contributed by atoms with Crippen LogP contribution in [0, 0.1) is 63.5 Å². The normalized spacial score (nSPS) is 22.0. The van der Waals surface area contributed by atoms with Gasteiger partial charge in [-0.15, -0.1) is 0 Å². The summed E-state index contributed by atoms with van der Waals surface area (Å²) in [5.41, 5.74) is -2.93. The molecule has 1 heterocycles. The van der Waals surface area contributed by atoms with Gasteiger partial charge in [0.1, 0.15) is 16.7 Å². The van der Waals surface area contributed by atoms with Crippen LogP contribution in [0.15, 0.2) is 16.2 Å². The van der Waals surface area contributed by atoms with E-state index in [1.54, 1.807) is 7.05 Å². The average Bonchev–Trinajstić information content (AvgIpc) is 3.20. The second-order valence-corrected chi connectivity index (χ2v) is 10.3. The molecule has 3 unspecified atom stereocenters. The van der Waals surface area contributed by atoms with Crippen molar-refractivity contribution in [3.8, 4) is 0 Å². The maximum absolute atomic E-state index is 13.8. The molecule has 1 saturated heterocycles. The van der Waals surface area contributed by atoms with Crippen molar-refractivity contribution < 1.29 is 50.0 Å². The van der Waals surface area contributed by atoms with Gasteiger partial charge in [0.05, 0.1) is 18.1 Å². The Morgan fingerprint density at radius 2 is 1.80 bits per heavy atom. The highest BCUT2D eigenvalue weighted by Gasteiger charge is 2.62. The lowest BCUT2D eigenvalue weighted by Gasteiger charge is -2.10. The van der Waals surface area contributed by atoms with Crippen LogP contribution in [0.5, 0.6) is 0 Å². The molecule has 1 aromatic rings. The predicted octanol–water partition coefficient (Wildman–Crippen LogP) is 4.93. The Morgan fingerprint density at radius 1 is 1.22 bits per heavy atom. The number of hydrogen-bond donors (Lipinski definition) is 2. The van der Waals surface area contributed by atoms with Crippen molar-refractivity contribution in [2.24, 2.45) is 28.3 Å². The Bertz CT molecular complexity index is 1170. The lowest BCUT2D eigenvalue weighted by atomic mass is 10.1. The number of guanidine groups is 1.